The highest BCUT2D eigenvalue weighted by atomic mass is 16.2. The minimum absolute atomic E-state index is 0.232. The second kappa shape index (κ2) is 6.57. The molecule has 1 amide bonds. The fraction of sp³-hybridized carbons (Fsp3) is 0.350. The molecule has 1 saturated carbocycles. The van der Waals surface area contributed by atoms with E-state index in [1.165, 1.54) is 0 Å². The number of aromatic nitrogens is 3. The van der Waals surface area contributed by atoms with E-state index in [1.807, 2.05) is 29.4 Å². The van der Waals surface area contributed by atoms with E-state index >= 15 is 0 Å². The Bertz CT molecular complexity index is 993. The van der Waals surface area contributed by atoms with Gasteiger partial charge in [-0.3, -0.25) is 4.79 Å². The van der Waals surface area contributed by atoms with Gasteiger partial charge in [0.2, 0.25) is 5.91 Å². The highest BCUT2D eigenvalue weighted by Gasteiger charge is 2.33. The third-order valence-electron chi connectivity index (χ3n) is 5.18. The Morgan fingerprint density at radius 2 is 1.96 bits per heavy atom. The maximum Gasteiger partial charge on any atom is 0.225 e. The highest BCUT2D eigenvalue weighted by molar-refractivity contribution is 5.81. The summed E-state index contributed by atoms with van der Waals surface area (Å²) in [6.45, 7) is 2.79. The van der Waals surface area contributed by atoms with Gasteiger partial charge in [0.05, 0.1) is 6.20 Å². The van der Waals surface area contributed by atoms with Gasteiger partial charge < -0.3 is 15.5 Å². The van der Waals surface area contributed by atoms with Crippen LogP contribution in [0.5, 0.6) is 0 Å². The molecule has 2 N–H and O–H groups in total. The summed E-state index contributed by atoms with van der Waals surface area (Å²) in [6, 6.07) is 10.2. The molecular weight excluding hydrogens is 340 g/mol. The SMILES string of the molecule is O=C(C1CC1)N1CCNc2cccc(c2)-c2cnn3ccc(nc23)NCC1. The van der Waals surface area contributed by atoms with Crippen molar-refractivity contribution >= 4 is 23.1 Å². The number of hydrogen-bond donors (Lipinski definition) is 2. The van der Waals surface area contributed by atoms with Gasteiger partial charge in [0, 0.05) is 49.5 Å². The van der Waals surface area contributed by atoms with E-state index in [0.29, 0.717) is 19.6 Å². The molecule has 7 nitrogen and oxygen atoms in total. The number of nitrogens with one attached hydrogen (secondary N) is 2. The number of rotatable bonds is 1. The van der Waals surface area contributed by atoms with E-state index in [1.54, 1.807) is 4.52 Å². The van der Waals surface area contributed by atoms with Crippen LogP contribution in [0.15, 0.2) is 42.7 Å². The van der Waals surface area contributed by atoms with Gasteiger partial charge >= 0.3 is 0 Å². The lowest BCUT2D eigenvalue weighted by Gasteiger charge is -2.24. The second-order valence-electron chi connectivity index (χ2n) is 7.17. The quantitative estimate of drug-likeness (QED) is 0.696. The van der Waals surface area contributed by atoms with Gasteiger partial charge in [-0.15, -0.1) is 0 Å². The van der Waals surface area contributed by atoms with Crippen LogP contribution in [-0.2, 0) is 4.79 Å². The Labute approximate surface area is 157 Å². The Balaban J connectivity index is 1.50. The molecule has 3 heterocycles. The van der Waals surface area contributed by atoms with Crippen LogP contribution < -0.4 is 10.6 Å². The zero-order valence-electron chi connectivity index (χ0n) is 15.1. The second-order valence-corrected chi connectivity index (χ2v) is 7.17. The molecule has 0 atom stereocenters. The first-order valence-corrected chi connectivity index (χ1v) is 9.49. The summed E-state index contributed by atoms with van der Waals surface area (Å²) in [5.74, 6) is 1.31. The summed E-state index contributed by atoms with van der Waals surface area (Å²) in [6.07, 6.45) is 5.82. The lowest BCUT2D eigenvalue weighted by atomic mass is 10.1. The standard InChI is InChI=1S/C20H22N6O/c27-20(14-4-5-14)25-10-7-21-16-3-1-2-15(12-16)17-13-23-26-9-6-18(22-8-11-25)24-19(17)26/h1-3,6,9,12-14,21H,4-5,7-8,10-11H2,(H,22,24). The molecule has 2 aromatic heterocycles. The van der Waals surface area contributed by atoms with Crippen LogP contribution in [0.4, 0.5) is 11.5 Å². The number of anilines is 2. The van der Waals surface area contributed by atoms with Crippen molar-refractivity contribution in [1.82, 2.24) is 19.5 Å². The molecule has 0 spiro atoms. The Morgan fingerprint density at radius 1 is 1.11 bits per heavy atom. The van der Waals surface area contributed by atoms with Crippen LogP contribution in [0.3, 0.4) is 0 Å². The highest BCUT2D eigenvalue weighted by Crippen LogP contribution is 2.31. The topological polar surface area (TPSA) is 74.6 Å². The lowest BCUT2D eigenvalue weighted by Crippen LogP contribution is -2.39. The van der Waals surface area contributed by atoms with Crippen molar-refractivity contribution in [3.05, 3.63) is 42.7 Å². The van der Waals surface area contributed by atoms with E-state index in [-0.39, 0.29) is 11.8 Å². The fourth-order valence-electron chi connectivity index (χ4n) is 3.54. The third-order valence-corrected chi connectivity index (χ3v) is 5.18. The van der Waals surface area contributed by atoms with Gasteiger partial charge in [0.1, 0.15) is 5.82 Å². The number of nitrogens with zero attached hydrogens (tertiary/aromatic N) is 4. The minimum atomic E-state index is 0.232. The molecule has 3 aromatic rings. The monoisotopic (exact) mass is 362 g/mol. The molecule has 1 aliphatic heterocycles. The average molecular weight is 362 g/mol. The van der Waals surface area contributed by atoms with Gasteiger partial charge in [-0.25, -0.2) is 9.50 Å². The number of fused-ring (bicyclic) bond motifs is 4. The number of hydrogen-bond acceptors (Lipinski definition) is 5. The maximum absolute atomic E-state index is 12.6. The Morgan fingerprint density at radius 3 is 2.81 bits per heavy atom. The van der Waals surface area contributed by atoms with E-state index < -0.39 is 0 Å². The maximum atomic E-state index is 12.6. The first kappa shape index (κ1) is 16.1. The summed E-state index contributed by atoms with van der Waals surface area (Å²) in [5.41, 5.74) is 3.93. The van der Waals surface area contributed by atoms with Crippen molar-refractivity contribution in [2.45, 2.75) is 12.8 Å². The molecule has 0 saturated heterocycles. The predicted molar refractivity (Wildman–Crippen MR) is 105 cm³/mol. The summed E-state index contributed by atoms with van der Waals surface area (Å²) < 4.78 is 1.79. The van der Waals surface area contributed by atoms with Crippen LogP contribution in [0, 0.1) is 5.92 Å². The zero-order valence-corrected chi connectivity index (χ0v) is 15.1. The molecule has 1 aromatic carbocycles. The van der Waals surface area contributed by atoms with Gasteiger partial charge in [0.15, 0.2) is 5.65 Å². The number of benzene rings is 1. The molecule has 7 heteroatoms. The van der Waals surface area contributed by atoms with Crippen molar-refractivity contribution in [2.24, 2.45) is 5.92 Å². The third kappa shape index (κ3) is 3.20. The van der Waals surface area contributed by atoms with Crippen molar-refractivity contribution in [3.63, 3.8) is 0 Å². The lowest BCUT2D eigenvalue weighted by molar-refractivity contribution is -0.132. The average Bonchev–Trinajstić information content (AvgIpc) is 3.45. The van der Waals surface area contributed by atoms with Crippen LogP contribution in [0.1, 0.15) is 12.8 Å². The zero-order chi connectivity index (χ0) is 18.2. The summed E-state index contributed by atoms with van der Waals surface area (Å²) >= 11 is 0. The van der Waals surface area contributed by atoms with Crippen LogP contribution >= 0.6 is 0 Å². The number of amides is 1. The van der Waals surface area contributed by atoms with Crippen molar-refractivity contribution in [1.29, 1.82) is 0 Å². The van der Waals surface area contributed by atoms with E-state index in [9.17, 15) is 4.79 Å². The molecule has 4 bridgehead atoms. The van der Waals surface area contributed by atoms with Crippen LogP contribution in [-0.4, -0.2) is 51.6 Å². The Kier molecular flexibility index (Phi) is 3.92. The van der Waals surface area contributed by atoms with Crippen LogP contribution in [0.2, 0.25) is 0 Å². The van der Waals surface area contributed by atoms with Gasteiger partial charge in [-0.2, -0.15) is 5.10 Å². The molecule has 0 unspecified atom stereocenters. The predicted octanol–water partition coefficient (Wildman–Crippen LogP) is 2.47. The van der Waals surface area contributed by atoms with Gasteiger partial charge in [-0.05, 0) is 36.6 Å². The number of carbonyl (C=O) groups is 1. The molecule has 1 fully saturated rings. The van der Waals surface area contributed by atoms with Crippen LogP contribution in [0.25, 0.3) is 16.8 Å². The van der Waals surface area contributed by atoms with Crippen molar-refractivity contribution in [3.8, 4) is 11.1 Å². The fourth-order valence-corrected chi connectivity index (χ4v) is 3.54. The largest absolute Gasteiger partial charge is 0.383 e. The van der Waals surface area contributed by atoms with Gasteiger partial charge in [0.25, 0.3) is 0 Å². The first-order valence-electron chi connectivity index (χ1n) is 9.49. The van der Waals surface area contributed by atoms with E-state index in [0.717, 1.165) is 47.7 Å². The molecule has 1 aliphatic carbocycles. The number of carbonyl (C=O) groups excluding carboxylic acids is 1. The van der Waals surface area contributed by atoms with Crippen molar-refractivity contribution < 1.29 is 4.79 Å². The molecular formula is C20H22N6O. The van der Waals surface area contributed by atoms with E-state index in [4.69, 9.17) is 4.98 Å². The normalized spacial score (nSPS) is 17.3. The molecule has 0 radical (unpaired) electrons. The molecule has 138 valence electrons. The molecule has 2 aliphatic rings. The Hall–Kier alpha value is -3.09. The molecule has 5 rings (SSSR count). The summed E-state index contributed by atoms with van der Waals surface area (Å²) in [4.78, 5) is 19.3. The molecule has 27 heavy (non-hydrogen) atoms. The smallest absolute Gasteiger partial charge is 0.225 e. The summed E-state index contributed by atoms with van der Waals surface area (Å²) in [7, 11) is 0. The first-order chi connectivity index (χ1) is 13.3. The summed E-state index contributed by atoms with van der Waals surface area (Å²) in [5, 5.41) is 11.2. The van der Waals surface area contributed by atoms with Gasteiger partial charge in [-0.1, -0.05) is 12.1 Å². The minimum Gasteiger partial charge on any atom is -0.383 e. The van der Waals surface area contributed by atoms with E-state index in [2.05, 4.69) is 33.9 Å². The van der Waals surface area contributed by atoms with Crippen molar-refractivity contribution in [2.75, 3.05) is 36.8 Å².